The summed E-state index contributed by atoms with van der Waals surface area (Å²) in [7, 11) is 0. The van der Waals surface area contributed by atoms with E-state index in [0.717, 1.165) is 29.3 Å². The van der Waals surface area contributed by atoms with Crippen LogP contribution in [0.15, 0.2) is 23.1 Å². The van der Waals surface area contributed by atoms with E-state index in [2.05, 4.69) is 19.2 Å². The van der Waals surface area contributed by atoms with Crippen molar-refractivity contribution in [2.45, 2.75) is 32.1 Å². The molecule has 1 aromatic carbocycles. The normalized spacial score (nSPS) is 12.2. The highest BCUT2D eigenvalue weighted by Crippen LogP contribution is 2.29. The molecule has 5 heteroatoms. The molecule has 1 rings (SSSR count). The predicted molar refractivity (Wildman–Crippen MR) is 77.4 cm³/mol. The maximum Gasteiger partial charge on any atom is 0.272 e. The van der Waals surface area contributed by atoms with E-state index in [-0.39, 0.29) is 10.6 Å². The molecule has 0 aromatic heterocycles. The molecular formula is C13H20N2O2S. The Bertz CT molecular complexity index is 410. The summed E-state index contributed by atoms with van der Waals surface area (Å²) in [4.78, 5) is 11.5. The SMILES string of the molecule is CCNc1cc(SCC(C)CC)cc([N+](=O)[O-])c1. The van der Waals surface area contributed by atoms with Gasteiger partial charge in [-0.1, -0.05) is 20.3 Å². The lowest BCUT2D eigenvalue weighted by Crippen LogP contribution is -1.99. The van der Waals surface area contributed by atoms with Crippen molar-refractivity contribution in [3.8, 4) is 0 Å². The van der Waals surface area contributed by atoms with Crippen LogP contribution in [0.1, 0.15) is 27.2 Å². The minimum absolute atomic E-state index is 0.153. The molecule has 4 nitrogen and oxygen atoms in total. The minimum atomic E-state index is -0.339. The lowest BCUT2D eigenvalue weighted by atomic mass is 10.2. The fourth-order valence-electron chi connectivity index (χ4n) is 1.43. The van der Waals surface area contributed by atoms with E-state index in [1.165, 1.54) is 0 Å². The van der Waals surface area contributed by atoms with Crippen LogP contribution in [0.3, 0.4) is 0 Å². The number of nitrogens with one attached hydrogen (secondary N) is 1. The van der Waals surface area contributed by atoms with Gasteiger partial charge in [-0.05, 0) is 18.9 Å². The van der Waals surface area contributed by atoms with Gasteiger partial charge in [0.05, 0.1) is 4.92 Å². The molecule has 0 fully saturated rings. The molecule has 0 saturated carbocycles. The highest BCUT2D eigenvalue weighted by molar-refractivity contribution is 7.99. The maximum atomic E-state index is 10.9. The predicted octanol–water partition coefficient (Wildman–Crippen LogP) is 4.16. The van der Waals surface area contributed by atoms with Gasteiger partial charge in [-0.3, -0.25) is 10.1 Å². The van der Waals surface area contributed by atoms with Gasteiger partial charge in [-0.15, -0.1) is 11.8 Å². The largest absolute Gasteiger partial charge is 0.385 e. The Balaban J connectivity index is 2.85. The van der Waals surface area contributed by atoms with E-state index in [1.54, 1.807) is 23.9 Å². The van der Waals surface area contributed by atoms with Crippen LogP contribution < -0.4 is 5.32 Å². The van der Waals surface area contributed by atoms with E-state index in [4.69, 9.17) is 0 Å². The van der Waals surface area contributed by atoms with Crippen LogP contribution in [-0.4, -0.2) is 17.2 Å². The quantitative estimate of drug-likeness (QED) is 0.458. The molecule has 1 N–H and O–H groups in total. The minimum Gasteiger partial charge on any atom is -0.385 e. The van der Waals surface area contributed by atoms with E-state index >= 15 is 0 Å². The summed E-state index contributed by atoms with van der Waals surface area (Å²) in [6.45, 7) is 7.08. The summed E-state index contributed by atoms with van der Waals surface area (Å²) in [5.74, 6) is 1.61. The number of non-ortho nitro benzene ring substituents is 1. The molecule has 0 aliphatic carbocycles. The number of nitro groups is 1. The fourth-order valence-corrected chi connectivity index (χ4v) is 2.56. The zero-order valence-corrected chi connectivity index (χ0v) is 11.9. The van der Waals surface area contributed by atoms with E-state index in [1.807, 2.05) is 13.0 Å². The first-order chi connectivity index (χ1) is 8.56. The van der Waals surface area contributed by atoms with Gasteiger partial charge < -0.3 is 5.32 Å². The van der Waals surface area contributed by atoms with Gasteiger partial charge in [0.2, 0.25) is 0 Å². The van der Waals surface area contributed by atoms with E-state index < -0.39 is 0 Å². The third-order valence-corrected chi connectivity index (χ3v) is 4.02. The zero-order chi connectivity index (χ0) is 13.5. The molecule has 0 bridgehead atoms. The topological polar surface area (TPSA) is 55.2 Å². The van der Waals surface area contributed by atoms with Crippen molar-refractivity contribution in [1.82, 2.24) is 0 Å². The lowest BCUT2D eigenvalue weighted by Gasteiger charge is -2.09. The highest BCUT2D eigenvalue weighted by Gasteiger charge is 2.10. The zero-order valence-electron chi connectivity index (χ0n) is 11.1. The number of nitrogens with zero attached hydrogens (tertiary/aromatic N) is 1. The molecule has 1 atom stereocenters. The number of benzene rings is 1. The summed E-state index contributed by atoms with van der Waals surface area (Å²) in [5.41, 5.74) is 0.971. The van der Waals surface area contributed by atoms with E-state index in [9.17, 15) is 10.1 Å². The van der Waals surface area contributed by atoms with Gasteiger partial charge >= 0.3 is 0 Å². The van der Waals surface area contributed by atoms with Crippen LogP contribution >= 0.6 is 11.8 Å². The Morgan fingerprint density at radius 2 is 2.11 bits per heavy atom. The van der Waals surface area contributed by atoms with Crippen LogP contribution in [0, 0.1) is 16.0 Å². The van der Waals surface area contributed by atoms with Crippen LogP contribution in [0.2, 0.25) is 0 Å². The number of hydrogen-bond donors (Lipinski definition) is 1. The van der Waals surface area contributed by atoms with Crippen molar-refractivity contribution < 1.29 is 4.92 Å². The van der Waals surface area contributed by atoms with Gasteiger partial charge in [0, 0.05) is 35.0 Å². The smallest absolute Gasteiger partial charge is 0.272 e. The van der Waals surface area contributed by atoms with Crippen molar-refractivity contribution in [3.63, 3.8) is 0 Å². The van der Waals surface area contributed by atoms with Gasteiger partial charge in [0.25, 0.3) is 5.69 Å². The molecular weight excluding hydrogens is 248 g/mol. The first-order valence-corrected chi connectivity index (χ1v) is 7.21. The van der Waals surface area contributed by atoms with Gasteiger partial charge in [0.1, 0.15) is 0 Å². The van der Waals surface area contributed by atoms with Gasteiger partial charge in [0.15, 0.2) is 0 Å². The standard InChI is InChI=1S/C13H20N2O2S/c1-4-10(3)9-18-13-7-11(14-5-2)6-12(8-13)15(16)17/h6-8,10,14H,4-5,9H2,1-3H3. The van der Waals surface area contributed by atoms with Crippen LogP contribution in [-0.2, 0) is 0 Å². The molecule has 1 aromatic rings. The Morgan fingerprint density at radius 3 is 2.67 bits per heavy atom. The first-order valence-electron chi connectivity index (χ1n) is 6.23. The molecule has 0 radical (unpaired) electrons. The molecule has 0 aliphatic rings. The van der Waals surface area contributed by atoms with Crippen molar-refractivity contribution in [2.75, 3.05) is 17.6 Å². The first kappa shape index (κ1) is 14.8. The van der Waals surface area contributed by atoms with E-state index in [0.29, 0.717) is 5.92 Å². The highest BCUT2D eigenvalue weighted by atomic mass is 32.2. The monoisotopic (exact) mass is 268 g/mol. The molecule has 0 aliphatic heterocycles. The summed E-state index contributed by atoms with van der Waals surface area (Å²) in [5, 5.41) is 14.0. The molecule has 1 unspecified atom stereocenters. The number of nitro benzene ring substituents is 1. The maximum absolute atomic E-state index is 10.9. The average Bonchev–Trinajstić information content (AvgIpc) is 2.36. The van der Waals surface area contributed by atoms with Crippen LogP contribution in [0.25, 0.3) is 0 Å². The molecule has 18 heavy (non-hydrogen) atoms. The Labute approximate surface area is 112 Å². The summed E-state index contributed by atoms with van der Waals surface area (Å²) in [6, 6.07) is 5.20. The number of rotatable bonds is 7. The number of hydrogen-bond acceptors (Lipinski definition) is 4. The Morgan fingerprint density at radius 1 is 1.39 bits per heavy atom. The summed E-state index contributed by atoms with van der Waals surface area (Å²) >= 11 is 1.68. The van der Waals surface area contributed by atoms with Crippen molar-refractivity contribution in [3.05, 3.63) is 28.3 Å². The fraction of sp³-hybridized carbons (Fsp3) is 0.538. The van der Waals surface area contributed by atoms with Crippen molar-refractivity contribution >= 4 is 23.1 Å². The molecule has 0 heterocycles. The third kappa shape index (κ3) is 4.56. The second-order valence-corrected chi connectivity index (χ2v) is 5.42. The lowest BCUT2D eigenvalue weighted by molar-refractivity contribution is -0.385. The van der Waals surface area contributed by atoms with Gasteiger partial charge in [-0.2, -0.15) is 0 Å². The molecule has 0 spiro atoms. The van der Waals surface area contributed by atoms with Crippen LogP contribution in [0.4, 0.5) is 11.4 Å². The summed E-state index contributed by atoms with van der Waals surface area (Å²) in [6.07, 6.45) is 1.13. The van der Waals surface area contributed by atoms with Gasteiger partial charge in [-0.25, -0.2) is 0 Å². The molecule has 0 amide bonds. The number of thioether (sulfide) groups is 1. The van der Waals surface area contributed by atoms with Crippen molar-refractivity contribution in [1.29, 1.82) is 0 Å². The second-order valence-electron chi connectivity index (χ2n) is 4.33. The van der Waals surface area contributed by atoms with Crippen molar-refractivity contribution in [2.24, 2.45) is 5.92 Å². The molecule has 0 saturated heterocycles. The Kier molecular flexibility index (Phi) is 5.98. The third-order valence-electron chi connectivity index (χ3n) is 2.71. The van der Waals surface area contributed by atoms with Crippen LogP contribution in [0.5, 0.6) is 0 Å². The summed E-state index contributed by atoms with van der Waals surface area (Å²) < 4.78 is 0. The second kappa shape index (κ2) is 7.26. The average molecular weight is 268 g/mol. The molecule has 100 valence electrons. The number of anilines is 1. The Hall–Kier alpha value is -1.23.